The molecule has 1 aliphatic rings. The zero-order chi connectivity index (χ0) is 42.9. The van der Waals surface area contributed by atoms with Gasteiger partial charge in [-0.15, -0.1) is 11.3 Å². The summed E-state index contributed by atoms with van der Waals surface area (Å²) in [4.78, 5) is 26.6. The molecule has 2 unspecified atom stereocenters. The minimum Gasteiger partial charge on any atom is -0.501 e. The monoisotopic (exact) mass is 866 g/mol. The van der Waals surface area contributed by atoms with Gasteiger partial charge in [0, 0.05) is 56.1 Å². The van der Waals surface area contributed by atoms with Crippen LogP contribution >= 0.6 is 22.9 Å². The number of carboxylic acid groups (broad SMARTS) is 1. The Kier molecular flexibility index (Phi) is 12.5. The lowest BCUT2D eigenvalue weighted by Crippen LogP contribution is -2.45. The molecule has 1 saturated heterocycles. The number of benzene rings is 2. The topological polar surface area (TPSA) is 128 Å². The van der Waals surface area contributed by atoms with Crippen LogP contribution in [0.25, 0.3) is 32.0 Å². The third kappa shape index (κ3) is 9.26. The van der Waals surface area contributed by atoms with Crippen LogP contribution in [0.3, 0.4) is 0 Å². The summed E-state index contributed by atoms with van der Waals surface area (Å²) in [5, 5.41) is 11.9. The fourth-order valence-electron chi connectivity index (χ4n) is 6.78. The Labute approximate surface area is 351 Å². The zero-order valence-corrected chi connectivity index (χ0v) is 33.5. The second kappa shape index (κ2) is 17.4. The molecule has 4 aromatic heterocycles. The highest BCUT2D eigenvalue weighted by Crippen LogP contribution is 2.50. The number of fused-ring (bicyclic) bond motifs is 1. The summed E-state index contributed by atoms with van der Waals surface area (Å²) in [6, 6.07) is 11.3. The van der Waals surface area contributed by atoms with Crippen LogP contribution in [0.5, 0.6) is 17.4 Å². The van der Waals surface area contributed by atoms with Crippen molar-refractivity contribution in [3.63, 3.8) is 0 Å². The van der Waals surface area contributed by atoms with E-state index in [0.717, 1.165) is 62.2 Å². The van der Waals surface area contributed by atoms with Gasteiger partial charge in [0.25, 0.3) is 6.01 Å². The number of aromatic nitrogens is 4. The van der Waals surface area contributed by atoms with E-state index in [2.05, 4.69) is 31.9 Å². The van der Waals surface area contributed by atoms with E-state index < -0.39 is 59.4 Å². The number of thiophene rings is 1. The fourth-order valence-corrected chi connectivity index (χ4v) is 8.10. The number of piperazine rings is 1. The quantitative estimate of drug-likeness (QED) is 0.0834. The molecule has 12 nitrogen and oxygen atoms in total. The molecule has 2 aromatic carbocycles. The van der Waals surface area contributed by atoms with Gasteiger partial charge in [-0.3, -0.25) is 9.58 Å². The summed E-state index contributed by atoms with van der Waals surface area (Å²) in [5.74, 6) is -1.99. The molecular formula is C39H34B2ClF5N6O6S. The molecule has 60 heavy (non-hydrogen) atoms. The normalized spacial score (nSPS) is 15.3. The van der Waals surface area contributed by atoms with Crippen LogP contribution in [-0.4, -0.2) is 115 Å². The van der Waals surface area contributed by atoms with Gasteiger partial charge in [-0.1, -0.05) is 35.9 Å². The SMILES string of the molecule is [B]C([B])(Oc1ccccc1C(F)C(Oc1ncnc2sc(-c3ccc(F)o3)c(-c3ccc(OCCN4CCN(C)CC4)c(Cl)c3C)c12)C(=O)O)c1ccnn1CC(F)(F)F. The molecule has 0 saturated carbocycles. The van der Waals surface area contributed by atoms with Crippen molar-refractivity contribution in [2.75, 3.05) is 46.4 Å². The number of halogens is 6. The third-order valence-electron chi connectivity index (χ3n) is 9.82. The number of furan rings is 1. The van der Waals surface area contributed by atoms with Crippen LogP contribution in [-0.2, 0) is 16.7 Å². The van der Waals surface area contributed by atoms with Gasteiger partial charge < -0.3 is 28.6 Å². The smallest absolute Gasteiger partial charge is 0.408 e. The number of nitrogens with zero attached hydrogens (tertiary/aromatic N) is 6. The first kappa shape index (κ1) is 42.9. The Balaban J connectivity index is 1.23. The Bertz CT molecular complexity index is 2490. The number of likely N-dealkylation sites (N-methyl/N-ethyl adjacent to an activating group) is 1. The van der Waals surface area contributed by atoms with Crippen LogP contribution in [0.15, 0.2) is 71.5 Å². The highest BCUT2D eigenvalue weighted by Gasteiger charge is 2.38. The van der Waals surface area contributed by atoms with Crippen LogP contribution in [0.4, 0.5) is 22.0 Å². The van der Waals surface area contributed by atoms with Gasteiger partial charge in [0.1, 0.15) is 57.3 Å². The molecule has 1 aliphatic heterocycles. The average molecular weight is 867 g/mol. The van der Waals surface area contributed by atoms with Gasteiger partial charge in [0.2, 0.25) is 12.0 Å². The summed E-state index contributed by atoms with van der Waals surface area (Å²) in [6.45, 7) is 4.99. The number of carboxylic acids is 1. The van der Waals surface area contributed by atoms with E-state index in [-0.39, 0.29) is 26.9 Å². The first-order valence-electron chi connectivity index (χ1n) is 18.4. The van der Waals surface area contributed by atoms with Gasteiger partial charge >= 0.3 is 12.1 Å². The van der Waals surface area contributed by atoms with Crippen molar-refractivity contribution in [3.8, 4) is 39.1 Å². The molecule has 0 spiro atoms. The number of ether oxygens (including phenoxy) is 3. The lowest BCUT2D eigenvalue weighted by Gasteiger charge is -2.32. The van der Waals surface area contributed by atoms with Crippen molar-refractivity contribution >= 4 is 54.8 Å². The first-order valence-corrected chi connectivity index (χ1v) is 19.5. The predicted octanol–water partition coefficient (Wildman–Crippen LogP) is 7.17. The lowest BCUT2D eigenvalue weighted by molar-refractivity contribution is -0.148. The van der Waals surface area contributed by atoms with Gasteiger partial charge in [-0.05, 0) is 49.4 Å². The van der Waals surface area contributed by atoms with Crippen molar-refractivity contribution in [2.24, 2.45) is 0 Å². The van der Waals surface area contributed by atoms with E-state index in [0.29, 0.717) is 45.2 Å². The van der Waals surface area contributed by atoms with Crippen LogP contribution < -0.4 is 14.2 Å². The van der Waals surface area contributed by atoms with Crippen LogP contribution in [0, 0.1) is 12.9 Å². The number of aliphatic carboxylic acids is 1. The van der Waals surface area contributed by atoms with E-state index >= 15 is 4.39 Å². The molecule has 1 fully saturated rings. The van der Waals surface area contributed by atoms with Crippen molar-refractivity contribution in [3.05, 3.63) is 95.0 Å². The molecule has 0 amide bonds. The van der Waals surface area contributed by atoms with E-state index in [1.165, 1.54) is 30.3 Å². The standard InChI is InChI=1S/C39H34B2ClF5N6O6S/c1-21-22(7-8-25(31(21)42)56-18-17-52-15-13-51(2)14-16-52)29-30-35(48-20-49-36(30)60-34(29)26-9-10-28(43)57-26)58-33(37(54)55)32(44)23-5-3-4-6-24(23)59-39(40,41)27-11-12-50-53(27)19-38(45,46)47/h3-12,20,32-33H,13-19H2,1-2H3,(H,54,55). The summed E-state index contributed by atoms with van der Waals surface area (Å²) in [7, 11) is 14.3. The molecule has 0 bridgehead atoms. The maximum Gasteiger partial charge on any atom is 0.408 e. The first-order chi connectivity index (χ1) is 28.5. The van der Waals surface area contributed by atoms with E-state index in [1.807, 2.05) is 0 Å². The molecule has 310 valence electrons. The Morgan fingerprint density at radius 2 is 1.80 bits per heavy atom. The third-order valence-corrected chi connectivity index (χ3v) is 11.4. The largest absolute Gasteiger partial charge is 0.501 e. The summed E-state index contributed by atoms with van der Waals surface area (Å²) < 4.78 is 94.4. The maximum absolute atomic E-state index is 16.7. The maximum atomic E-state index is 16.7. The highest BCUT2D eigenvalue weighted by atomic mass is 35.5. The van der Waals surface area contributed by atoms with Crippen molar-refractivity contribution in [1.29, 1.82) is 0 Å². The number of para-hydroxylation sites is 1. The lowest BCUT2D eigenvalue weighted by atomic mass is 9.63. The van der Waals surface area contributed by atoms with E-state index in [4.69, 9.17) is 45.9 Å². The molecule has 2 atom stereocenters. The number of carbonyl (C=O) groups is 1. The van der Waals surface area contributed by atoms with Gasteiger partial charge in [-0.2, -0.15) is 22.7 Å². The minimum absolute atomic E-state index is 0.104. The number of hydrogen-bond donors (Lipinski definition) is 1. The number of alkyl halides is 4. The molecule has 6 aromatic rings. The molecule has 5 heterocycles. The van der Waals surface area contributed by atoms with Gasteiger partial charge in [-0.25, -0.2) is 19.2 Å². The molecule has 21 heteroatoms. The summed E-state index contributed by atoms with van der Waals surface area (Å²) in [5.41, 5.74) is 0.527. The van der Waals surface area contributed by atoms with Crippen molar-refractivity contribution in [2.45, 2.75) is 37.3 Å². The second-order valence-electron chi connectivity index (χ2n) is 14.0. The summed E-state index contributed by atoms with van der Waals surface area (Å²) >= 11 is 7.97. The second-order valence-corrected chi connectivity index (χ2v) is 15.4. The average Bonchev–Trinajstić information content (AvgIpc) is 3.94. The summed E-state index contributed by atoms with van der Waals surface area (Å²) in [6.07, 6.45) is -7.40. The Morgan fingerprint density at radius 1 is 1.05 bits per heavy atom. The molecule has 7 rings (SSSR count). The zero-order valence-electron chi connectivity index (χ0n) is 32.0. The minimum atomic E-state index is -4.69. The molecule has 4 radical (unpaired) electrons. The Hall–Kier alpha value is -5.17. The molecular weight excluding hydrogens is 833 g/mol. The van der Waals surface area contributed by atoms with Gasteiger partial charge in [0.05, 0.1) is 26.4 Å². The number of hydrogen-bond acceptors (Lipinski definition) is 11. The van der Waals surface area contributed by atoms with E-state index in [9.17, 15) is 27.5 Å². The molecule has 0 aliphatic carbocycles. The Morgan fingerprint density at radius 3 is 2.50 bits per heavy atom. The van der Waals surface area contributed by atoms with Gasteiger partial charge in [0.15, 0.2) is 6.17 Å². The van der Waals surface area contributed by atoms with Crippen molar-refractivity contribution < 1.29 is 50.5 Å². The fraction of sp³-hybridized carbons (Fsp3) is 0.333. The van der Waals surface area contributed by atoms with E-state index in [1.54, 1.807) is 19.1 Å². The van der Waals surface area contributed by atoms with Crippen LogP contribution in [0.1, 0.15) is 23.0 Å². The predicted molar refractivity (Wildman–Crippen MR) is 214 cm³/mol. The van der Waals surface area contributed by atoms with Crippen molar-refractivity contribution in [1.82, 2.24) is 29.5 Å². The van der Waals surface area contributed by atoms with Crippen LogP contribution in [0.2, 0.25) is 5.02 Å². The number of rotatable bonds is 15. The molecule has 1 N–H and O–H groups in total. The highest BCUT2D eigenvalue weighted by molar-refractivity contribution is 7.22.